The number of benzene rings is 1. The van der Waals surface area contributed by atoms with Gasteiger partial charge >= 0.3 is 0 Å². The zero-order valence-electron chi connectivity index (χ0n) is 12.8. The summed E-state index contributed by atoms with van der Waals surface area (Å²) in [4.78, 5) is 2.55. The predicted octanol–water partition coefficient (Wildman–Crippen LogP) is 3.96. The third-order valence-electron chi connectivity index (χ3n) is 5.16. The van der Waals surface area contributed by atoms with Gasteiger partial charge in [-0.1, -0.05) is 31.0 Å². The molecule has 1 N–H and O–H groups in total. The highest BCUT2D eigenvalue weighted by molar-refractivity contribution is 5.54. The summed E-state index contributed by atoms with van der Waals surface area (Å²) in [6.45, 7) is 5.85. The SMILES string of the molecule is C[C@H](NCc1ccccc1N1CCCC1)C1CCCC1. The van der Waals surface area contributed by atoms with Gasteiger partial charge in [0.2, 0.25) is 0 Å². The molecule has 2 fully saturated rings. The number of hydrogen-bond donors (Lipinski definition) is 1. The fourth-order valence-corrected chi connectivity index (χ4v) is 3.82. The van der Waals surface area contributed by atoms with Crippen molar-refractivity contribution < 1.29 is 0 Å². The Hall–Kier alpha value is -1.02. The van der Waals surface area contributed by atoms with Gasteiger partial charge in [-0.3, -0.25) is 0 Å². The average Bonchev–Trinajstić information content (AvgIpc) is 3.17. The van der Waals surface area contributed by atoms with Crippen LogP contribution < -0.4 is 10.2 Å². The first kappa shape index (κ1) is 13.9. The Balaban J connectivity index is 1.61. The van der Waals surface area contributed by atoms with Gasteiger partial charge in [0.15, 0.2) is 0 Å². The number of para-hydroxylation sites is 1. The van der Waals surface area contributed by atoms with Crippen LogP contribution in [-0.2, 0) is 6.54 Å². The van der Waals surface area contributed by atoms with E-state index in [1.54, 1.807) is 0 Å². The first-order valence-electron chi connectivity index (χ1n) is 8.41. The van der Waals surface area contributed by atoms with Crippen molar-refractivity contribution in [3.05, 3.63) is 29.8 Å². The van der Waals surface area contributed by atoms with Gasteiger partial charge in [-0.05, 0) is 50.2 Å². The summed E-state index contributed by atoms with van der Waals surface area (Å²) in [5, 5.41) is 3.78. The molecular formula is C18H28N2. The first-order valence-corrected chi connectivity index (χ1v) is 8.41. The van der Waals surface area contributed by atoms with E-state index in [1.165, 1.54) is 62.9 Å². The minimum Gasteiger partial charge on any atom is -0.371 e. The van der Waals surface area contributed by atoms with Gasteiger partial charge in [-0.2, -0.15) is 0 Å². The quantitative estimate of drug-likeness (QED) is 0.873. The summed E-state index contributed by atoms with van der Waals surface area (Å²) in [7, 11) is 0. The standard InChI is InChI=1S/C18H28N2/c1-15(16-8-2-3-9-16)19-14-17-10-4-5-11-18(17)20-12-6-7-13-20/h4-5,10-11,15-16,19H,2-3,6-9,12-14H2,1H3/t15-/m0/s1. The van der Waals surface area contributed by atoms with Crippen molar-refractivity contribution in [3.63, 3.8) is 0 Å². The van der Waals surface area contributed by atoms with E-state index < -0.39 is 0 Å². The minimum atomic E-state index is 0.657. The molecule has 2 heteroatoms. The molecule has 1 aliphatic carbocycles. The molecule has 1 aromatic rings. The topological polar surface area (TPSA) is 15.3 Å². The van der Waals surface area contributed by atoms with Crippen LogP contribution in [0, 0.1) is 5.92 Å². The van der Waals surface area contributed by atoms with Crippen LogP contribution in [0.4, 0.5) is 5.69 Å². The third-order valence-corrected chi connectivity index (χ3v) is 5.16. The van der Waals surface area contributed by atoms with Crippen LogP contribution in [0.15, 0.2) is 24.3 Å². The van der Waals surface area contributed by atoms with Gasteiger partial charge in [0.25, 0.3) is 0 Å². The zero-order chi connectivity index (χ0) is 13.8. The molecule has 0 aromatic heterocycles. The Morgan fingerprint density at radius 2 is 1.80 bits per heavy atom. The summed E-state index contributed by atoms with van der Waals surface area (Å²) in [5.74, 6) is 0.897. The zero-order valence-corrected chi connectivity index (χ0v) is 12.8. The average molecular weight is 272 g/mol. The van der Waals surface area contributed by atoms with E-state index in [0.717, 1.165) is 12.5 Å². The van der Waals surface area contributed by atoms with Crippen molar-refractivity contribution in [1.29, 1.82) is 0 Å². The molecule has 3 rings (SSSR count). The van der Waals surface area contributed by atoms with Crippen LogP contribution in [0.1, 0.15) is 51.0 Å². The van der Waals surface area contributed by atoms with Crippen LogP contribution in [0.3, 0.4) is 0 Å². The largest absolute Gasteiger partial charge is 0.371 e. The number of hydrogen-bond acceptors (Lipinski definition) is 2. The Labute approximate surface area is 123 Å². The number of anilines is 1. The molecule has 110 valence electrons. The van der Waals surface area contributed by atoms with E-state index in [1.807, 2.05) is 0 Å². The highest BCUT2D eigenvalue weighted by Gasteiger charge is 2.21. The number of rotatable bonds is 5. The first-order chi connectivity index (χ1) is 9.84. The van der Waals surface area contributed by atoms with Gasteiger partial charge in [-0.25, -0.2) is 0 Å². The van der Waals surface area contributed by atoms with E-state index in [9.17, 15) is 0 Å². The fourth-order valence-electron chi connectivity index (χ4n) is 3.82. The Morgan fingerprint density at radius 3 is 2.55 bits per heavy atom. The maximum Gasteiger partial charge on any atom is 0.0411 e. The van der Waals surface area contributed by atoms with E-state index >= 15 is 0 Å². The lowest BCUT2D eigenvalue weighted by Gasteiger charge is -2.24. The van der Waals surface area contributed by atoms with Crippen molar-refractivity contribution >= 4 is 5.69 Å². The molecule has 1 aliphatic heterocycles. The summed E-state index contributed by atoms with van der Waals surface area (Å²) in [6, 6.07) is 9.60. The Bertz CT molecular complexity index is 417. The second-order valence-electron chi connectivity index (χ2n) is 6.54. The molecule has 0 radical (unpaired) electrons. The maximum absolute atomic E-state index is 3.78. The fraction of sp³-hybridized carbons (Fsp3) is 0.667. The molecule has 2 aliphatic rings. The van der Waals surface area contributed by atoms with Crippen molar-refractivity contribution in [1.82, 2.24) is 5.32 Å². The van der Waals surface area contributed by atoms with Gasteiger partial charge < -0.3 is 10.2 Å². The second kappa shape index (κ2) is 6.62. The lowest BCUT2D eigenvalue weighted by molar-refractivity contribution is 0.380. The molecule has 20 heavy (non-hydrogen) atoms. The third kappa shape index (κ3) is 3.17. The highest BCUT2D eigenvalue weighted by Crippen LogP contribution is 2.28. The van der Waals surface area contributed by atoms with Crippen molar-refractivity contribution in [2.24, 2.45) is 5.92 Å². The van der Waals surface area contributed by atoms with Crippen molar-refractivity contribution in [2.45, 2.75) is 58.0 Å². The van der Waals surface area contributed by atoms with Crippen molar-refractivity contribution in [2.75, 3.05) is 18.0 Å². The highest BCUT2D eigenvalue weighted by atomic mass is 15.1. The van der Waals surface area contributed by atoms with Gasteiger partial charge in [-0.15, -0.1) is 0 Å². The molecule has 0 bridgehead atoms. The van der Waals surface area contributed by atoms with Gasteiger partial charge in [0.1, 0.15) is 0 Å². The number of nitrogens with one attached hydrogen (secondary N) is 1. The molecule has 0 unspecified atom stereocenters. The van der Waals surface area contributed by atoms with Crippen LogP contribution in [0.25, 0.3) is 0 Å². The predicted molar refractivity (Wildman–Crippen MR) is 86.1 cm³/mol. The molecule has 1 saturated heterocycles. The molecule has 1 heterocycles. The van der Waals surface area contributed by atoms with Crippen LogP contribution >= 0.6 is 0 Å². The Kier molecular flexibility index (Phi) is 4.62. The molecular weight excluding hydrogens is 244 g/mol. The Morgan fingerprint density at radius 1 is 1.10 bits per heavy atom. The molecule has 1 atom stereocenters. The van der Waals surface area contributed by atoms with E-state index in [2.05, 4.69) is 41.4 Å². The summed E-state index contributed by atoms with van der Waals surface area (Å²) in [5.41, 5.74) is 2.93. The van der Waals surface area contributed by atoms with Gasteiger partial charge in [0, 0.05) is 31.4 Å². The van der Waals surface area contributed by atoms with E-state index in [-0.39, 0.29) is 0 Å². The van der Waals surface area contributed by atoms with Crippen LogP contribution in [0.2, 0.25) is 0 Å². The number of nitrogens with zero attached hydrogens (tertiary/aromatic N) is 1. The minimum absolute atomic E-state index is 0.657. The molecule has 2 nitrogen and oxygen atoms in total. The van der Waals surface area contributed by atoms with Gasteiger partial charge in [0.05, 0.1) is 0 Å². The molecule has 1 saturated carbocycles. The van der Waals surface area contributed by atoms with Crippen molar-refractivity contribution in [3.8, 4) is 0 Å². The summed E-state index contributed by atoms with van der Waals surface area (Å²) < 4.78 is 0. The smallest absolute Gasteiger partial charge is 0.0411 e. The second-order valence-corrected chi connectivity index (χ2v) is 6.54. The normalized spacial score (nSPS) is 21.6. The maximum atomic E-state index is 3.78. The van der Waals surface area contributed by atoms with Crippen LogP contribution in [0.5, 0.6) is 0 Å². The molecule has 0 spiro atoms. The lowest BCUT2D eigenvalue weighted by atomic mass is 9.99. The monoisotopic (exact) mass is 272 g/mol. The molecule has 1 aromatic carbocycles. The van der Waals surface area contributed by atoms with E-state index in [4.69, 9.17) is 0 Å². The van der Waals surface area contributed by atoms with Crippen LogP contribution in [-0.4, -0.2) is 19.1 Å². The van der Waals surface area contributed by atoms with E-state index in [0.29, 0.717) is 6.04 Å². The lowest BCUT2D eigenvalue weighted by Crippen LogP contribution is -2.32. The molecule has 0 amide bonds. The summed E-state index contributed by atoms with van der Waals surface area (Å²) in [6.07, 6.45) is 8.40. The summed E-state index contributed by atoms with van der Waals surface area (Å²) >= 11 is 0.